The van der Waals surface area contributed by atoms with Gasteiger partial charge in [-0.05, 0) is 18.6 Å². The lowest BCUT2D eigenvalue weighted by Gasteiger charge is -2.23. The third-order valence-corrected chi connectivity index (χ3v) is 2.67. The molecule has 90 valence electrons. The second kappa shape index (κ2) is 5.85. The Hall–Kier alpha value is -1.09. The van der Waals surface area contributed by atoms with Crippen LogP contribution in [0.15, 0.2) is 12.1 Å². The first-order valence-electron chi connectivity index (χ1n) is 5.13. The summed E-state index contributed by atoms with van der Waals surface area (Å²) in [6.45, 7) is 2.82. The fourth-order valence-electron chi connectivity index (χ4n) is 1.72. The summed E-state index contributed by atoms with van der Waals surface area (Å²) in [5, 5.41) is 0. The number of nitrogens with zero attached hydrogens (tertiary/aromatic N) is 1. The fraction of sp³-hybridized carbons (Fsp3) is 0.500. The zero-order valence-electron chi connectivity index (χ0n) is 10.2. The summed E-state index contributed by atoms with van der Waals surface area (Å²) in [7, 11) is 5.31. The molecule has 0 aliphatic rings. The van der Waals surface area contributed by atoms with Crippen LogP contribution in [-0.2, 0) is 0 Å². The van der Waals surface area contributed by atoms with E-state index in [0.717, 1.165) is 29.3 Å². The molecule has 0 atom stereocenters. The van der Waals surface area contributed by atoms with Gasteiger partial charge < -0.3 is 14.4 Å². The summed E-state index contributed by atoms with van der Waals surface area (Å²) in [5.41, 5.74) is 2.17. The third kappa shape index (κ3) is 2.73. The summed E-state index contributed by atoms with van der Waals surface area (Å²) < 4.78 is 10.6. The molecule has 0 N–H and O–H groups in total. The van der Waals surface area contributed by atoms with Gasteiger partial charge in [-0.15, -0.1) is 11.6 Å². The Morgan fingerprint density at radius 1 is 1.25 bits per heavy atom. The number of anilines is 1. The van der Waals surface area contributed by atoms with Gasteiger partial charge in [0.25, 0.3) is 0 Å². The summed E-state index contributed by atoms with van der Waals surface area (Å²) in [5.74, 6) is 2.20. The SMILES string of the molecule is COc1cc(C)c(N(C)CCCl)c(OC)c1. The molecule has 0 radical (unpaired) electrons. The number of hydrogen-bond acceptors (Lipinski definition) is 3. The molecule has 0 bridgehead atoms. The molecule has 0 aliphatic heterocycles. The zero-order valence-corrected chi connectivity index (χ0v) is 11.0. The van der Waals surface area contributed by atoms with Gasteiger partial charge in [0.2, 0.25) is 0 Å². The highest BCUT2D eigenvalue weighted by Gasteiger charge is 2.13. The van der Waals surface area contributed by atoms with Crippen molar-refractivity contribution in [2.75, 3.05) is 38.6 Å². The maximum atomic E-state index is 5.75. The third-order valence-electron chi connectivity index (χ3n) is 2.50. The summed E-state index contributed by atoms with van der Waals surface area (Å²) in [6, 6.07) is 3.87. The number of halogens is 1. The number of methoxy groups -OCH3 is 2. The lowest BCUT2D eigenvalue weighted by molar-refractivity contribution is 0.394. The Balaban J connectivity index is 3.15. The quantitative estimate of drug-likeness (QED) is 0.743. The highest BCUT2D eigenvalue weighted by Crippen LogP contribution is 2.35. The van der Waals surface area contributed by atoms with Crippen LogP contribution in [0.5, 0.6) is 11.5 Å². The molecule has 0 aromatic heterocycles. The minimum absolute atomic E-state index is 0.588. The van der Waals surface area contributed by atoms with Crippen molar-refractivity contribution in [2.45, 2.75) is 6.92 Å². The van der Waals surface area contributed by atoms with E-state index in [1.807, 2.05) is 26.1 Å². The number of benzene rings is 1. The number of hydrogen-bond donors (Lipinski definition) is 0. The molecule has 0 unspecified atom stereocenters. The van der Waals surface area contributed by atoms with E-state index < -0.39 is 0 Å². The van der Waals surface area contributed by atoms with Crippen molar-refractivity contribution in [2.24, 2.45) is 0 Å². The Kier molecular flexibility index (Phi) is 4.74. The first-order valence-corrected chi connectivity index (χ1v) is 5.67. The van der Waals surface area contributed by atoms with Gasteiger partial charge in [-0.2, -0.15) is 0 Å². The van der Waals surface area contributed by atoms with Crippen molar-refractivity contribution < 1.29 is 9.47 Å². The summed E-state index contributed by atoms with van der Waals surface area (Å²) >= 11 is 5.75. The number of rotatable bonds is 5. The monoisotopic (exact) mass is 243 g/mol. The van der Waals surface area contributed by atoms with Crippen LogP contribution in [0.2, 0.25) is 0 Å². The first-order chi connectivity index (χ1) is 7.63. The first kappa shape index (κ1) is 13.0. The average molecular weight is 244 g/mol. The van der Waals surface area contributed by atoms with E-state index in [0.29, 0.717) is 5.88 Å². The van der Waals surface area contributed by atoms with Crippen LogP contribution < -0.4 is 14.4 Å². The number of ether oxygens (including phenoxy) is 2. The molecule has 1 rings (SSSR count). The van der Waals surface area contributed by atoms with E-state index in [1.54, 1.807) is 14.2 Å². The average Bonchev–Trinajstić information content (AvgIpc) is 2.27. The Morgan fingerprint density at radius 2 is 1.94 bits per heavy atom. The Morgan fingerprint density at radius 3 is 2.44 bits per heavy atom. The number of alkyl halides is 1. The Labute approximate surface area is 102 Å². The maximum absolute atomic E-state index is 5.75. The van der Waals surface area contributed by atoms with Gasteiger partial charge in [0.15, 0.2) is 0 Å². The lowest BCUT2D eigenvalue weighted by atomic mass is 10.1. The second-order valence-electron chi connectivity index (χ2n) is 3.61. The molecular formula is C12H18ClNO2. The van der Waals surface area contributed by atoms with Gasteiger partial charge in [-0.3, -0.25) is 0 Å². The molecule has 1 aromatic carbocycles. The van der Waals surface area contributed by atoms with E-state index in [9.17, 15) is 0 Å². The number of aryl methyl sites for hydroxylation is 1. The van der Waals surface area contributed by atoms with Crippen molar-refractivity contribution in [1.29, 1.82) is 0 Å². The fourth-order valence-corrected chi connectivity index (χ4v) is 1.97. The summed E-state index contributed by atoms with van der Waals surface area (Å²) in [6.07, 6.45) is 0. The van der Waals surface area contributed by atoms with E-state index in [2.05, 4.69) is 4.90 Å². The molecule has 0 saturated heterocycles. The predicted octanol–water partition coefficient (Wildman–Crippen LogP) is 2.69. The van der Waals surface area contributed by atoms with Crippen molar-refractivity contribution in [3.63, 3.8) is 0 Å². The Bertz CT molecular complexity index is 355. The van der Waals surface area contributed by atoms with Gasteiger partial charge in [0, 0.05) is 25.5 Å². The molecule has 16 heavy (non-hydrogen) atoms. The predicted molar refractivity (Wildman–Crippen MR) is 68.3 cm³/mol. The van der Waals surface area contributed by atoms with Crippen molar-refractivity contribution in [3.05, 3.63) is 17.7 Å². The maximum Gasteiger partial charge on any atom is 0.146 e. The normalized spacial score (nSPS) is 10.1. The van der Waals surface area contributed by atoms with Crippen LogP contribution in [0.1, 0.15) is 5.56 Å². The van der Waals surface area contributed by atoms with Crippen LogP contribution in [0, 0.1) is 6.92 Å². The smallest absolute Gasteiger partial charge is 0.146 e. The van der Waals surface area contributed by atoms with Crippen LogP contribution in [0.3, 0.4) is 0 Å². The van der Waals surface area contributed by atoms with Crippen LogP contribution >= 0.6 is 11.6 Å². The molecule has 4 heteroatoms. The minimum Gasteiger partial charge on any atom is -0.497 e. The highest BCUT2D eigenvalue weighted by atomic mass is 35.5. The molecule has 0 spiro atoms. The summed E-state index contributed by atoms with van der Waals surface area (Å²) in [4.78, 5) is 2.08. The van der Waals surface area contributed by atoms with Crippen molar-refractivity contribution in [1.82, 2.24) is 0 Å². The highest BCUT2D eigenvalue weighted by molar-refractivity contribution is 6.18. The zero-order chi connectivity index (χ0) is 12.1. The van der Waals surface area contributed by atoms with E-state index in [1.165, 1.54) is 0 Å². The lowest BCUT2D eigenvalue weighted by Crippen LogP contribution is -2.21. The molecule has 3 nitrogen and oxygen atoms in total. The standard InChI is InChI=1S/C12H18ClNO2/c1-9-7-10(15-3)8-11(16-4)12(9)14(2)6-5-13/h7-8H,5-6H2,1-4H3. The molecule has 0 amide bonds. The second-order valence-corrected chi connectivity index (χ2v) is 3.98. The van der Waals surface area contributed by atoms with Crippen LogP contribution in [0.4, 0.5) is 5.69 Å². The van der Waals surface area contributed by atoms with Crippen molar-refractivity contribution >= 4 is 17.3 Å². The molecule has 0 heterocycles. The molecular weight excluding hydrogens is 226 g/mol. The van der Waals surface area contributed by atoms with Crippen LogP contribution in [0.25, 0.3) is 0 Å². The molecule has 0 fully saturated rings. The van der Waals surface area contributed by atoms with Gasteiger partial charge in [0.05, 0.1) is 19.9 Å². The van der Waals surface area contributed by atoms with Crippen molar-refractivity contribution in [3.8, 4) is 11.5 Å². The van der Waals surface area contributed by atoms with E-state index in [-0.39, 0.29) is 0 Å². The van der Waals surface area contributed by atoms with E-state index >= 15 is 0 Å². The molecule has 1 aromatic rings. The molecule has 0 aliphatic carbocycles. The van der Waals surface area contributed by atoms with Gasteiger partial charge >= 0.3 is 0 Å². The molecule has 0 saturated carbocycles. The van der Waals surface area contributed by atoms with Gasteiger partial charge in [-0.1, -0.05) is 0 Å². The van der Waals surface area contributed by atoms with Gasteiger partial charge in [0.1, 0.15) is 11.5 Å². The largest absolute Gasteiger partial charge is 0.497 e. The van der Waals surface area contributed by atoms with Gasteiger partial charge in [-0.25, -0.2) is 0 Å². The topological polar surface area (TPSA) is 21.7 Å². The van der Waals surface area contributed by atoms with Crippen LogP contribution in [-0.4, -0.2) is 33.7 Å². The van der Waals surface area contributed by atoms with E-state index in [4.69, 9.17) is 21.1 Å². The minimum atomic E-state index is 0.588.